The quantitative estimate of drug-likeness (QED) is 0.440. The number of carbonyl (C=O) groups is 1. The summed E-state index contributed by atoms with van der Waals surface area (Å²) in [6, 6.07) is 21.9. The number of methoxy groups -OCH3 is 2. The Balaban J connectivity index is 1.75. The van der Waals surface area contributed by atoms with Crippen molar-refractivity contribution in [1.82, 2.24) is 4.72 Å². The molecule has 0 aliphatic rings. The average Bonchev–Trinajstić information content (AvgIpc) is 2.83. The molecule has 3 rings (SSSR count). The van der Waals surface area contributed by atoms with Crippen LogP contribution in [0.3, 0.4) is 0 Å². The highest BCUT2D eigenvalue weighted by Gasteiger charge is 2.25. The molecule has 0 aliphatic heterocycles. The van der Waals surface area contributed by atoms with E-state index in [1.165, 1.54) is 19.2 Å². The fourth-order valence-electron chi connectivity index (χ4n) is 2.96. The summed E-state index contributed by atoms with van der Waals surface area (Å²) < 4.78 is 38.0. The van der Waals surface area contributed by atoms with Crippen molar-refractivity contribution < 1.29 is 22.7 Å². The zero-order valence-electron chi connectivity index (χ0n) is 17.7. The number of sulfonamides is 1. The summed E-state index contributed by atoms with van der Waals surface area (Å²) in [5.41, 5.74) is 2.55. The fraction of sp³-hybridized carbons (Fsp3) is 0.160. The highest BCUT2D eigenvalue weighted by molar-refractivity contribution is 7.89. The largest absolute Gasteiger partial charge is 0.497 e. The van der Waals surface area contributed by atoms with Crippen LogP contribution < -0.4 is 9.46 Å². The summed E-state index contributed by atoms with van der Waals surface area (Å²) in [7, 11) is -1.16. The lowest BCUT2D eigenvalue weighted by molar-refractivity contribution is -0.142. The summed E-state index contributed by atoms with van der Waals surface area (Å²) in [5, 5.41) is 0. The van der Waals surface area contributed by atoms with Gasteiger partial charge in [-0.05, 0) is 47.5 Å². The molecule has 32 heavy (non-hydrogen) atoms. The lowest BCUT2D eigenvalue weighted by atomic mass is 10.1. The Morgan fingerprint density at radius 1 is 0.906 bits per heavy atom. The second-order valence-corrected chi connectivity index (χ2v) is 8.54. The highest BCUT2D eigenvalue weighted by atomic mass is 32.2. The first-order valence-corrected chi connectivity index (χ1v) is 11.3. The van der Waals surface area contributed by atoms with Crippen LogP contribution in [0.5, 0.6) is 5.75 Å². The van der Waals surface area contributed by atoms with Gasteiger partial charge in [0.15, 0.2) is 0 Å². The van der Waals surface area contributed by atoms with Crippen LogP contribution in [0.4, 0.5) is 0 Å². The molecule has 0 saturated heterocycles. The Labute approximate surface area is 188 Å². The molecule has 0 radical (unpaired) electrons. The maximum absolute atomic E-state index is 12.8. The molecule has 0 saturated carbocycles. The molecule has 0 fully saturated rings. The van der Waals surface area contributed by atoms with E-state index < -0.39 is 22.0 Å². The summed E-state index contributed by atoms with van der Waals surface area (Å²) in [6.45, 7) is 0. The molecule has 0 amide bonds. The standard InChI is InChI=1S/C25H23NO5S/c1-30-22-15-11-20(12-16-22)21-13-17-23(18-14-21)32(28,29)26-24(25(27)31-2)10-6-9-19-7-4-3-5-8-19/h3-5,7-8,11-18,24,26H,10H2,1-2H3. The van der Waals surface area contributed by atoms with E-state index in [0.717, 1.165) is 22.4 Å². The minimum atomic E-state index is -3.96. The minimum Gasteiger partial charge on any atom is -0.497 e. The molecular formula is C25H23NO5S. The maximum atomic E-state index is 12.8. The highest BCUT2D eigenvalue weighted by Crippen LogP contribution is 2.24. The number of esters is 1. The molecule has 7 heteroatoms. The van der Waals surface area contributed by atoms with Crippen LogP contribution in [0.1, 0.15) is 12.0 Å². The van der Waals surface area contributed by atoms with E-state index in [2.05, 4.69) is 16.6 Å². The second kappa shape index (κ2) is 10.6. The molecule has 3 aromatic rings. The van der Waals surface area contributed by atoms with E-state index in [1.807, 2.05) is 54.6 Å². The third-order valence-electron chi connectivity index (χ3n) is 4.68. The molecule has 0 heterocycles. The van der Waals surface area contributed by atoms with E-state index in [0.29, 0.717) is 0 Å². The van der Waals surface area contributed by atoms with Gasteiger partial charge in [-0.15, -0.1) is 0 Å². The molecule has 0 bridgehead atoms. The number of hydrogen-bond acceptors (Lipinski definition) is 5. The van der Waals surface area contributed by atoms with Crippen molar-refractivity contribution in [3.63, 3.8) is 0 Å². The summed E-state index contributed by atoms with van der Waals surface area (Å²) in [6.07, 6.45) is -0.0231. The summed E-state index contributed by atoms with van der Waals surface area (Å²) >= 11 is 0. The lowest BCUT2D eigenvalue weighted by Crippen LogP contribution is -2.41. The van der Waals surface area contributed by atoms with Crippen LogP contribution in [0.15, 0.2) is 83.8 Å². The first-order chi connectivity index (χ1) is 15.4. The van der Waals surface area contributed by atoms with Gasteiger partial charge in [-0.2, -0.15) is 4.72 Å². The van der Waals surface area contributed by atoms with Crippen LogP contribution in [-0.4, -0.2) is 34.6 Å². The van der Waals surface area contributed by atoms with Gasteiger partial charge in [-0.3, -0.25) is 4.79 Å². The molecule has 6 nitrogen and oxygen atoms in total. The monoisotopic (exact) mass is 449 g/mol. The number of nitrogens with one attached hydrogen (secondary N) is 1. The topological polar surface area (TPSA) is 81.7 Å². The summed E-state index contributed by atoms with van der Waals surface area (Å²) in [4.78, 5) is 12.2. The third-order valence-corrected chi connectivity index (χ3v) is 6.17. The van der Waals surface area contributed by atoms with Gasteiger partial charge in [-0.25, -0.2) is 8.42 Å². The SMILES string of the molecule is COC(=O)C(CC#Cc1ccccc1)NS(=O)(=O)c1ccc(-c2ccc(OC)cc2)cc1. The van der Waals surface area contributed by atoms with Gasteiger partial charge in [0.1, 0.15) is 11.8 Å². The minimum absolute atomic E-state index is 0.0231. The Hall–Kier alpha value is -3.60. The first-order valence-electron chi connectivity index (χ1n) is 9.81. The van der Waals surface area contributed by atoms with Crippen LogP contribution in [0.2, 0.25) is 0 Å². The van der Waals surface area contributed by atoms with Crippen LogP contribution in [0.25, 0.3) is 11.1 Å². The number of rotatable bonds is 7. The molecule has 0 aliphatic carbocycles. The van der Waals surface area contributed by atoms with Crippen molar-refractivity contribution in [1.29, 1.82) is 0 Å². The predicted octanol–water partition coefficient (Wildman–Crippen LogP) is 3.62. The normalized spacial score (nSPS) is 11.7. The molecule has 1 N–H and O–H groups in total. The first kappa shape index (κ1) is 23.1. The fourth-order valence-corrected chi connectivity index (χ4v) is 4.14. The second-order valence-electron chi connectivity index (χ2n) is 6.82. The van der Waals surface area contributed by atoms with Crippen molar-refractivity contribution >= 4 is 16.0 Å². The van der Waals surface area contributed by atoms with Crippen molar-refractivity contribution in [3.05, 3.63) is 84.4 Å². The van der Waals surface area contributed by atoms with Gasteiger partial charge in [0, 0.05) is 12.0 Å². The van der Waals surface area contributed by atoms with Gasteiger partial charge in [-0.1, -0.05) is 54.3 Å². The molecular weight excluding hydrogens is 426 g/mol. The van der Waals surface area contributed by atoms with Crippen LogP contribution >= 0.6 is 0 Å². The molecule has 164 valence electrons. The van der Waals surface area contributed by atoms with E-state index in [1.54, 1.807) is 19.2 Å². The number of benzene rings is 3. The van der Waals surface area contributed by atoms with Crippen molar-refractivity contribution in [2.24, 2.45) is 0 Å². The predicted molar refractivity (Wildman–Crippen MR) is 122 cm³/mol. The zero-order chi connectivity index (χ0) is 23.0. The van der Waals surface area contributed by atoms with E-state index >= 15 is 0 Å². The van der Waals surface area contributed by atoms with E-state index in [9.17, 15) is 13.2 Å². The maximum Gasteiger partial charge on any atom is 0.324 e. The Morgan fingerprint density at radius 2 is 1.50 bits per heavy atom. The van der Waals surface area contributed by atoms with E-state index in [-0.39, 0.29) is 11.3 Å². The van der Waals surface area contributed by atoms with Gasteiger partial charge in [0.05, 0.1) is 19.1 Å². The third kappa shape index (κ3) is 5.97. The number of hydrogen-bond donors (Lipinski definition) is 1. The average molecular weight is 450 g/mol. The Bertz CT molecular complexity index is 1210. The smallest absolute Gasteiger partial charge is 0.324 e. The molecule has 1 atom stereocenters. The molecule has 1 unspecified atom stereocenters. The Morgan fingerprint density at radius 3 is 2.06 bits per heavy atom. The van der Waals surface area contributed by atoms with Gasteiger partial charge in [0.25, 0.3) is 0 Å². The van der Waals surface area contributed by atoms with Crippen molar-refractivity contribution in [3.8, 4) is 28.7 Å². The van der Waals surface area contributed by atoms with E-state index in [4.69, 9.17) is 9.47 Å². The lowest BCUT2D eigenvalue weighted by Gasteiger charge is -2.14. The van der Waals surface area contributed by atoms with Gasteiger partial charge < -0.3 is 9.47 Å². The molecule has 0 spiro atoms. The van der Waals surface area contributed by atoms with Gasteiger partial charge in [0.2, 0.25) is 10.0 Å². The molecule has 0 aromatic heterocycles. The van der Waals surface area contributed by atoms with Gasteiger partial charge >= 0.3 is 5.97 Å². The number of ether oxygens (including phenoxy) is 2. The summed E-state index contributed by atoms with van der Waals surface area (Å²) in [5.74, 6) is 5.79. The Kier molecular flexibility index (Phi) is 7.66. The van der Waals surface area contributed by atoms with Crippen LogP contribution in [-0.2, 0) is 19.6 Å². The molecule has 3 aromatic carbocycles. The zero-order valence-corrected chi connectivity index (χ0v) is 18.6. The number of carbonyl (C=O) groups excluding carboxylic acids is 1. The van der Waals surface area contributed by atoms with Crippen LogP contribution in [0, 0.1) is 11.8 Å². The van der Waals surface area contributed by atoms with Crippen molar-refractivity contribution in [2.75, 3.05) is 14.2 Å². The van der Waals surface area contributed by atoms with Crippen molar-refractivity contribution in [2.45, 2.75) is 17.4 Å².